The maximum absolute atomic E-state index is 6.24. The van der Waals surface area contributed by atoms with Crippen LogP contribution in [0, 0.1) is 0 Å². The minimum Gasteiger partial charge on any atom is -0.353 e. The minimum absolute atomic E-state index is 0. The summed E-state index contributed by atoms with van der Waals surface area (Å²) in [6.07, 6.45) is 1.11. The van der Waals surface area contributed by atoms with Crippen molar-refractivity contribution in [3.8, 4) is 0 Å². The second-order valence-corrected chi connectivity index (χ2v) is 4.94. The van der Waals surface area contributed by atoms with Gasteiger partial charge in [0.25, 0.3) is 0 Å². The van der Waals surface area contributed by atoms with Gasteiger partial charge in [-0.15, -0.1) is 12.4 Å². The molecule has 1 unspecified atom stereocenters. The summed E-state index contributed by atoms with van der Waals surface area (Å²) in [5.41, 5.74) is 1.72. The van der Waals surface area contributed by atoms with Gasteiger partial charge in [0.1, 0.15) is 0 Å². The number of halogens is 2. The zero-order valence-electron chi connectivity index (χ0n) is 10.6. The molecule has 0 aliphatic carbocycles. The average molecular weight is 299 g/mol. The van der Waals surface area contributed by atoms with Crippen LogP contribution in [0.4, 0.5) is 5.82 Å². The number of anilines is 1. The topological polar surface area (TPSA) is 41.1 Å². The molecular formula is C13H16Cl2N4. The van der Waals surface area contributed by atoms with Crippen LogP contribution in [-0.4, -0.2) is 36.1 Å². The largest absolute Gasteiger partial charge is 0.353 e. The van der Waals surface area contributed by atoms with E-state index in [1.54, 1.807) is 0 Å². The number of aromatic nitrogens is 2. The summed E-state index contributed by atoms with van der Waals surface area (Å²) >= 11 is 6.24. The van der Waals surface area contributed by atoms with Gasteiger partial charge < -0.3 is 10.2 Å². The second kappa shape index (κ2) is 5.90. The molecule has 1 N–H and O–H groups in total. The van der Waals surface area contributed by atoms with Gasteiger partial charge in [0, 0.05) is 19.6 Å². The van der Waals surface area contributed by atoms with Crippen LogP contribution in [0.3, 0.4) is 0 Å². The molecule has 4 nitrogen and oxygen atoms in total. The van der Waals surface area contributed by atoms with Gasteiger partial charge in [0.2, 0.25) is 0 Å². The Balaban J connectivity index is 0.00000133. The van der Waals surface area contributed by atoms with Crippen molar-refractivity contribution in [3.63, 3.8) is 0 Å². The van der Waals surface area contributed by atoms with Crippen molar-refractivity contribution >= 4 is 40.9 Å². The number of fused-ring (bicyclic) bond motifs is 1. The molecule has 19 heavy (non-hydrogen) atoms. The lowest BCUT2D eigenvalue weighted by atomic mass is 10.2. The maximum Gasteiger partial charge on any atom is 0.172 e. The van der Waals surface area contributed by atoms with Crippen molar-refractivity contribution in [2.24, 2.45) is 0 Å². The van der Waals surface area contributed by atoms with Crippen LogP contribution < -0.4 is 10.2 Å². The fraction of sp³-hybridized carbons (Fsp3) is 0.385. The molecule has 0 spiro atoms. The third kappa shape index (κ3) is 2.76. The monoisotopic (exact) mass is 298 g/mol. The van der Waals surface area contributed by atoms with Crippen LogP contribution in [0.5, 0.6) is 0 Å². The van der Waals surface area contributed by atoms with Crippen molar-refractivity contribution in [1.29, 1.82) is 0 Å². The molecule has 1 aliphatic rings. The number of benzene rings is 1. The van der Waals surface area contributed by atoms with Gasteiger partial charge in [-0.05, 0) is 25.1 Å². The highest BCUT2D eigenvalue weighted by Gasteiger charge is 2.22. The first-order chi connectivity index (χ1) is 8.75. The molecule has 0 bridgehead atoms. The van der Waals surface area contributed by atoms with E-state index in [1.807, 2.05) is 31.3 Å². The average Bonchev–Trinajstić information content (AvgIpc) is 2.91. The van der Waals surface area contributed by atoms with E-state index in [2.05, 4.69) is 20.2 Å². The van der Waals surface area contributed by atoms with E-state index in [1.165, 1.54) is 0 Å². The summed E-state index contributed by atoms with van der Waals surface area (Å²) in [4.78, 5) is 11.2. The highest BCUT2D eigenvalue weighted by atomic mass is 35.5. The molecule has 102 valence electrons. The van der Waals surface area contributed by atoms with Gasteiger partial charge in [0.15, 0.2) is 11.0 Å². The van der Waals surface area contributed by atoms with Crippen molar-refractivity contribution < 1.29 is 0 Å². The summed E-state index contributed by atoms with van der Waals surface area (Å²) < 4.78 is 0. The molecule has 0 radical (unpaired) electrons. The number of hydrogen-bond donors (Lipinski definition) is 1. The zero-order chi connectivity index (χ0) is 12.5. The summed E-state index contributed by atoms with van der Waals surface area (Å²) in [6, 6.07) is 8.24. The quantitative estimate of drug-likeness (QED) is 0.925. The van der Waals surface area contributed by atoms with E-state index in [4.69, 9.17) is 11.6 Å². The van der Waals surface area contributed by atoms with E-state index in [0.29, 0.717) is 11.2 Å². The zero-order valence-corrected chi connectivity index (χ0v) is 12.2. The summed E-state index contributed by atoms with van der Waals surface area (Å²) in [6.45, 7) is 2.02. The van der Waals surface area contributed by atoms with Crippen LogP contribution in [0.1, 0.15) is 6.42 Å². The first-order valence-electron chi connectivity index (χ1n) is 6.11. The highest BCUT2D eigenvalue weighted by Crippen LogP contribution is 2.26. The fourth-order valence-electron chi connectivity index (χ4n) is 2.34. The van der Waals surface area contributed by atoms with E-state index >= 15 is 0 Å². The van der Waals surface area contributed by atoms with Gasteiger partial charge in [-0.2, -0.15) is 0 Å². The Labute approximate surface area is 123 Å². The minimum atomic E-state index is 0. The Morgan fingerprint density at radius 2 is 1.95 bits per heavy atom. The Kier molecular flexibility index (Phi) is 4.45. The summed E-state index contributed by atoms with van der Waals surface area (Å²) in [7, 11) is 2.03. The second-order valence-electron chi connectivity index (χ2n) is 4.58. The molecule has 6 heteroatoms. The molecule has 2 heterocycles. The lowest BCUT2D eigenvalue weighted by Gasteiger charge is -2.25. The van der Waals surface area contributed by atoms with Crippen molar-refractivity contribution in [2.45, 2.75) is 12.5 Å². The molecule has 0 amide bonds. The summed E-state index contributed by atoms with van der Waals surface area (Å²) in [5.74, 6) is 0.768. The number of likely N-dealkylation sites (N-methyl/N-ethyl adjacent to an activating group) is 1. The molecule has 1 saturated heterocycles. The van der Waals surface area contributed by atoms with Gasteiger partial charge >= 0.3 is 0 Å². The molecular weight excluding hydrogens is 283 g/mol. The smallest absolute Gasteiger partial charge is 0.172 e. The van der Waals surface area contributed by atoms with Crippen LogP contribution in [0.2, 0.25) is 5.15 Å². The predicted molar refractivity (Wildman–Crippen MR) is 81.5 cm³/mol. The molecule has 1 aliphatic heterocycles. The van der Waals surface area contributed by atoms with Crippen LogP contribution in [0.25, 0.3) is 11.0 Å². The van der Waals surface area contributed by atoms with Crippen LogP contribution >= 0.6 is 24.0 Å². The standard InChI is InChI=1S/C13H15ClN4.ClH/c1-18(9-6-7-15-8-9)13-12(14)16-10-4-2-3-5-11(10)17-13;/h2-5,9,15H,6-8H2,1H3;1H. The number of nitrogens with one attached hydrogen (secondary N) is 1. The molecule has 1 atom stereocenters. The maximum atomic E-state index is 6.24. The number of hydrogen-bond acceptors (Lipinski definition) is 4. The number of rotatable bonds is 2. The summed E-state index contributed by atoms with van der Waals surface area (Å²) in [5, 5.41) is 3.82. The fourth-order valence-corrected chi connectivity index (χ4v) is 2.60. The Morgan fingerprint density at radius 3 is 2.58 bits per heavy atom. The van der Waals surface area contributed by atoms with Crippen molar-refractivity contribution in [2.75, 3.05) is 25.0 Å². The third-order valence-electron chi connectivity index (χ3n) is 3.43. The van der Waals surface area contributed by atoms with E-state index in [9.17, 15) is 0 Å². The van der Waals surface area contributed by atoms with Gasteiger partial charge in [-0.25, -0.2) is 9.97 Å². The Hall–Kier alpha value is -1.10. The third-order valence-corrected chi connectivity index (χ3v) is 3.68. The van der Waals surface area contributed by atoms with Crippen LogP contribution in [-0.2, 0) is 0 Å². The van der Waals surface area contributed by atoms with E-state index in [-0.39, 0.29) is 12.4 Å². The van der Waals surface area contributed by atoms with E-state index in [0.717, 1.165) is 36.4 Å². The van der Waals surface area contributed by atoms with Crippen molar-refractivity contribution in [1.82, 2.24) is 15.3 Å². The van der Waals surface area contributed by atoms with Crippen LogP contribution in [0.15, 0.2) is 24.3 Å². The Bertz CT molecular complexity index is 570. The van der Waals surface area contributed by atoms with Gasteiger partial charge in [0.05, 0.1) is 11.0 Å². The lowest BCUT2D eigenvalue weighted by Crippen LogP contribution is -2.34. The Morgan fingerprint density at radius 1 is 1.26 bits per heavy atom. The molecule has 3 rings (SSSR count). The van der Waals surface area contributed by atoms with Gasteiger partial charge in [-0.1, -0.05) is 23.7 Å². The molecule has 1 aromatic carbocycles. The molecule has 1 fully saturated rings. The first kappa shape index (κ1) is 14.3. The predicted octanol–water partition coefficient (Wildman–Crippen LogP) is 2.50. The first-order valence-corrected chi connectivity index (χ1v) is 6.49. The van der Waals surface area contributed by atoms with Crippen molar-refractivity contribution in [3.05, 3.63) is 29.4 Å². The van der Waals surface area contributed by atoms with E-state index < -0.39 is 0 Å². The normalized spacial score (nSPS) is 18.3. The molecule has 2 aromatic rings. The molecule has 0 saturated carbocycles. The SMILES string of the molecule is CN(c1nc2ccccc2nc1Cl)C1CCNC1.Cl. The molecule has 1 aromatic heterocycles. The number of nitrogens with zero attached hydrogens (tertiary/aromatic N) is 3. The highest BCUT2D eigenvalue weighted by molar-refractivity contribution is 6.32. The number of para-hydroxylation sites is 2. The van der Waals surface area contributed by atoms with Gasteiger partial charge in [-0.3, -0.25) is 0 Å². The lowest BCUT2D eigenvalue weighted by molar-refractivity contribution is 0.678.